The van der Waals surface area contributed by atoms with Gasteiger partial charge in [0.1, 0.15) is 5.76 Å². The molecule has 0 atom stereocenters. The van der Waals surface area contributed by atoms with Gasteiger partial charge in [0.25, 0.3) is 0 Å². The molecular weight excluding hydrogens is 148 g/mol. The number of hydrogen-bond acceptors (Lipinski definition) is 1. The van der Waals surface area contributed by atoms with Crippen molar-refractivity contribution in [2.75, 3.05) is 6.61 Å². The van der Waals surface area contributed by atoms with Crippen LogP contribution in [-0.4, -0.2) is 6.61 Å². The molecular formula is C11H14O. The Balaban J connectivity index is 3.01. The van der Waals surface area contributed by atoms with E-state index in [9.17, 15) is 0 Å². The maximum absolute atomic E-state index is 5.45. The minimum atomic E-state index is 0.732. The summed E-state index contributed by atoms with van der Waals surface area (Å²) in [5, 5.41) is 0. The first kappa shape index (κ1) is 8.85. The van der Waals surface area contributed by atoms with Crippen LogP contribution in [0, 0.1) is 0 Å². The predicted molar refractivity (Wildman–Crippen MR) is 51.7 cm³/mol. The molecule has 0 aromatic rings. The molecule has 0 spiro atoms. The van der Waals surface area contributed by atoms with Gasteiger partial charge in [0.05, 0.1) is 6.61 Å². The first-order valence-corrected chi connectivity index (χ1v) is 4.10. The highest BCUT2D eigenvalue weighted by atomic mass is 16.5. The molecule has 0 radical (unpaired) electrons. The fourth-order valence-electron chi connectivity index (χ4n) is 1.21. The van der Waals surface area contributed by atoms with Crippen LogP contribution in [0.5, 0.6) is 0 Å². The Morgan fingerprint density at radius 1 is 1.50 bits per heavy atom. The zero-order valence-corrected chi connectivity index (χ0v) is 7.47. The largest absolute Gasteiger partial charge is 0.493 e. The highest BCUT2D eigenvalue weighted by Crippen LogP contribution is 2.24. The molecule has 1 aliphatic rings. The molecule has 1 nitrogen and oxygen atoms in total. The van der Waals surface area contributed by atoms with E-state index in [1.54, 1.807) is 6.08 Å². The zero-order valence-electron chi connectivity index (χ0n) is 7.47. The van der Waals surface area contributed by atoms with Gasteiger partial charge in [-0.25, -0.2) is 0 Å². The maximum atomic E-state index is 5.45. The number of hydrogen-bond donors (Lipinski definition) is 0. The average Bonchev–Trinajstić information content (AvgIpc) is 2.05. The maximum Gasteiger partial charge on any atom is 0.126 e. The molecule has 12 heavy (non-hydrogen) atoms. The third-order valence-electron chi connectivity index (χ3n) is 1.83. The van der Waals surface area contributed by atoms with Crippen LogP contribution in [0.3, 0.4) is 0 Å². The molecule has 64 valence electrons. The fourth-order valence-corrected chi connectivity index (χ4v) is 1.21. The van der Waals surface area contributed by atoms with Crippen LogP contribution in [0.4, 0.5) is 0 Å². The molecule has 0 unspecified atom stereocenters. The minimum Gasteiger partial charge on any atom is -0.493 e. The van der Waals surface area contributed by atoms with Gasteiger partial charge in [0.2, 0.25) is 0 Å². The summed E-state index contributed by atoms with van der Waals surface area (Å²) in [5.74, 6) is 0.892. The smallest absolute Gasteiger partial charge is 0.126 e. The normalized spacial score (nSPS) is 18.2. The van der Waals surface area contributed by atoms with Crippen molar-refractivity contribution in [1.29, 1.82) is 0 Å². The van der Waals surface area contributed by atoms with Crippen molar-refractivity contribution in [1.82, 2.24) is 0 Å². The molecule has 1 heterocycles. The summed E-state index contributed by atoms with van der Waals surface area (Å²) in [6.45, 7) is 10.4. The number of ether oxygens (including phenoxy) is 1. The van der Waals surface area contributed by atoms with Gasteiger partial charge in [-0.15, -0.1) is 0 Å². The number of rotatable bonds is 2. The predicted octanol–water partition coefficient (Wildman–Crippen LogP) is 2.98. The molecule has 0 saturated carbocycles. The van der Waals surface area contributed by atoms with Crippen molar-refractivity contribution in [3.05, 3.63) is 48.3 Å². The molecule has 0 aromatic carbocycles. The topological polar surface area (TPSA) is 9.23 Å². The van der Waals surface area contributed by atoms with Gasteiger partial charge >= 0.3 is 0 Å². The SMILES string of the molecule is C=CC1=C(/C=C\C)OCCC1=C. The Labute approximate surface area is 73.7 Å². The second-order valence-electron chi connectivity index (χ2n) is 2.68. The Hall–Kier alpha value is -1.24. The van der Waals surface area contributed by atoms with Crippen molar-refractivity contribution in [3.8, 4) is 0 Å². The summed E-state index contributed by atoms with van der Waals surface area (Å²) < 4.78 is 5.45. The van der Waals surface area contributed by atoms with Crippen LogP contribution >= 0.6 is 0 Å². The third-order valence-corrected chi connectivity index (χ3v) is 1.83. The summed E-state index contributed by atoms with van der Waals surface area (Å²) in [5.41, 5.74) is 2.16. The number of allylic oxidation sites excluding steroid dienone is 4. The average molecular weight is 162 g/mol. The first-order valence-electron chi connectivity index (χ1n) is 4.10. The Bertz CT molecular complexity index is 256. The van der Waals surface area contributed by atoms with Gasteiger partial charge in [0, 0.05) is 12.0 Å². The second kappa shape index (κ2) is 3.96. The van der Waals surface area contributed by atoms with E-state index in [1.807, 2.05) is 19.1 Å². The van der Waals surface area contributed by atoms with Crippen molar-refractivity contribution in [2.24, 2.45) is 0 Å². The van der Waals surface area contributed by atoms with Gasteiger partial charge in [-0.3, -0.25) is 0 Å². The summed E-state index contributed by atoms with van der Waals surface area (Å²) in [7, 11) is 0. The van der Waals surface area contributed by atoms with Crippen molar-refractivity contribution in [2.45, 2.75) is 13.3 Å². The molecule has 0 aromatic heterocycles. The molecule has 0 N–H and O–H groups in total. The lowest BCUT2D eigenvalue weighted by Crippen LogP contribution is -2.06. The lowest BCUT2D eigenvalue weighted by atomic mass is 10.0. The van der Waals surface area contributed by atoms with Crippen LogP contribution in [0.25, 0.3) is 0 Å². The monoisotopic (exact) mass is 162 g/mol. The lowest BCUT2D eigenvalue weighted by molar-refractivity contribution is 0.216. The quantitative estimate of drug-likeness (QED) is 0.606. The Morgan fingerprint density at radius 3 is 2.83 bits per heavy atom. The molecule has 0 amide bonds. The highest BCUT2D eigenvalue weighted by Gasteiger charge is 2.11. The lowest BCUT2D eigenvalue weighted by Gasteiger charge is -2.18. The molecule has 0 aliphatic carbocycles. The fraction of sp³-hybridized carbons (Fsp3) is 0.273. The van der Waals surface area contributed by atoms with E-state index in [0.29, 0.717) is 0 Å². The summed E-state index contributed by atoms with van der Waals surface area (Å²) in [6, 6.07) is 0. The molecule has 1 rings (SSSR count). The van der Waals surface area contributed by atoms with Gasteiger partial charge in [-0.05, 0) is 18.6 Å². The molecule has 1 aliphatic heterocycles. The standard InChI is InChI=1S/C11H14O/c1-4-6-11-10(5-2)9(3)7-8-12-11/h4-6H,2-3,7-8H2,1H3/b6-4-. The minimum absolute atomic E-state index is 0.732. The van der Waals surface area contributed by atoms with Crippen LogP contribution < -0.4 is 0 Å². The van der Waals surface area contributed by atoms with Crippen molar-refractivity contribution >= 4 is 0 Å². The van der Waals surface area contributed by atoms with Crippen LogP contribution in [0.1, 0.15) is 13.3 Å². The van der Waals surface area contributed by atoms with Crippen molar-refractivity contribution < 1.29 is 4.74 Å². The summed E-state index contributed by atoms with van der Waals surface area (Å²) >= 11 is 0. The van der Waals surface area contributed by atoms with Crippen LogP contribution in [0.15, 0.2) is 48.3 Å². The molecule has 0 bridgehead atoms. The van der Waals surface area contributed by atoms with E-state index >= 15 is 0 Å². The van der Waals surface area contributed by atoms with E-state index in [4.69, 9.17) is 4.74 Å². The Kier molecular flexibility index (Phi) is 2.92. The van der Waals surface area contributed by atoms with Gasteiger partial charge in [-0.2, -0.15) is 0 Å². The van der Waals surface area contributed by atoms with E-state index in [1.165, 1.54) is 0 Å². The van der Waals surface area contributed by atoms with E-state index in [0.717, 1.165) is 29.9 Å². The van der Waals surface area contributed by atoms with Crippen molar-refractivity contribution in [3.63, 3.8) is 0 Å². The molecule has 1 heteroatoms. The molecule has 0 fully saturated rings. The van der Waals surface area contributed by atoms with E-state index in [2.05, 4.69) is 13.2 Å². The van der Waals surface area contributed by atoms with Gasteiger partial charge in [0.15, 0.2) is 0 Å². The molecule has 0 saturated heterocycles. The highest BCUT2D eigenvalue weighted by molar-refractivity contribution is 5.44. The zero-order chi connectivity index (χ0) is 8.97. The van der Waals surface area contributed by atoms with E-state index < -0.39 is 0 Å². The first-order chi connectivity index (χ1) is 5.79. The van der Waals surface area contributed by atoms with Crippen LogP contribution in [-0.2, 0) is 4.74 Å². The summed E-state index contributed by atoms with van der Waals surface area (Å²) in [4.78, 5) is 0. The summed E-state index contributed by atoms with van der Waals surface area (Å²) in [6.07, 6.45) is 6.61. The Morgan fingerprint density at radius 2 is 2.25 bits per heavy atom. The van der Waals surface area contributed by atoms with Crippen LogP contribution in [0.2, 0.25) is 0 Å². The van der Waals surface area contributed by atoms with Gasteiger partial charge < -0.3 is 4.74 Å². The second-order valence-corrected chi connectivity index (χ2v) is 2.68. The third kappa shape index (κ3) is 1.67. The van der Waals surface area contributed by atoms with Gasteiger partial charge in [-0.1, -0.05) is 25.3 Å². The van der Waals surface area contributed by atoms with E-state index in [-0.39, 0.29) is 0 Å².